The van der Waals surface area contributed by atoms with E-state index in [1.165, 1.54) is 11.0 Å². The van der Waals surface area contributed by atoms with Crippen LogP contribution in [-0.2, 0) is 0 Å². The Balaban J connectivity index is 1.86. The first-order valence-electron chi connectivity index (χ1n) is 6.61. The van der Waals surface area contributed by atoms with Gasteiger partial charge in [0.2, 0.25) is 0 Å². The number of hydrogen-bond acceptors (Lipinski definition) is 4. The van der Waals surface area contributed by atoms with Crippen molar-refractivity contribution in [3.63, 3.8) is 0 Å². The van der Waals surface area contributed by atoms with Crippen LogP contribution in [-0.4, -0.2) is 42.2 Å². The monoisotopic (exact) mass is 303 g/mol. The highest BCUT2D eigenvalue weighted by Crippen LogP contribution is 2.26. The molecule has 0 spiro atoms. The Morgan fingerprint density at radius 2 is 2.10 bits per heavy atom. The largest absolute Gasteiger partial charge is 0.401 e. The summed E-state index contributed by atoms with van der Waals surface area (Å²) in [7, 11) is 0. The lowest BCUT2D eigenvalue weighted by Crippen LogP contribution is -2.33. The summed E-state index contributed by atoms with van der Waals surface area (Å²) in [5.74, 6) is 0.0622. The van der Waals surface area contributed by atoms with Gasteiger partial charge in [-0.15, -0.1) is 0 Å². The fourth-order valence-electron chi connectivity index (χ4n) is 2.51. The zero-order valence-electron chi connectivity index (χ0n) is 11.3. The SMILES string of the molecule is O=[N+]([O-])c1ccccc1NCC1CCN(CC(F)(F)F)C1. The first kappa shape index (κ1) is 15.6. The van der Waals surface area contributed by atoms with Gasteiger partial charge in [-0.2, -0.15) is 13.2 Å². The average molecular weight is 303 g/mol. The summed E-state index contributed by atoms with van der Waals surface area (Å²) in [6.45, 7) is 0.296. The van der Waals surface area contributed by atoms with Crippen molar-refractivity contribution in [2.75, 3.05) is 31.5 Å². The van der Waals surface area contributed by atoms with Crippen LogP contribution in [0.4, 0.5) is 24.5 Å². The Hall–Kier alpha value is -1.83. The Morgan fingerprint density at radius 3 is 2.76 bits per heavy atom. The van der Waals surface area contributed by atoms with Crippen molar-refractivity contribution in [1.82, 2.24) is 4.90 Å². The molecule has 0 aliphatic carbocycles. The Bertz CT molecular complexity index is 508. The summed E-state index contributed by atoms with van der Waals surface area (Å²) in [6, 6.07) is 6.25. The molecule has 1 fully saturated rings. The molecule has 0 aromatic heterocycles. The molecule has 1 aliphatic heterocycles. The van der Waals surface area contributed by atoms with E-state index in [-0.39, 0.29) is 11.6 Å². The van der Waals surface area contributed by atoms with Crippen molar-refractivity contribution < 1.29 is 18.1 Å². The number of likely N-dealkylation sites (tertiary alicyclic amines) is 1. The Morgan fingerprint density at radius 1 is 1.38 bits per heavy atom. The molecule has 0 amide bonds. The van der Waals surface area contributed by atoms with Crippen molar-refractivity contribution in [1.29, 1.82) is 0 Å². The molecule has 1 aromatic carbocycles. The van der Waals surface area contributed by atoms with Gasteiger partial charge in [-0.05, 0) is 24.9 Å². The lowest BCUT2D eigenvalue weighted by atomic mass is 10.1. The number of nitrogens with one attached hydrogen (secondary N) is 1. The van der Waals surface area contributed by atoms with Crippen molar-refractivity contribution in [2.24, 2.45) is 5.92 Å². The van der Waals surface area contributed by atoms with E-state index in [0.717, 1.165) is 0 Å². The van der Waals surface area contributed by atoms with Crippen molar-refractivity contribution in [3.8, 4) is 0 Å². The van der Waals surface area contributed by atoms with E-state index < -0.39 is 17.6 Å². The number of rotatable bonds is 5. The zero-order chi connectivity index (χ0) is 15.5. The van der Waals surface area contributed by atoms with Gasteiger partial charge in [0.15, 0.2) is 0 Å². The first-order valence-corrected chi connectivity index (χ1v) is 6.61. The highest BCUT2D eigenvalue weighted by atomic mass is 19.4. The Kier molecular flexibility index (Phi) is 4.66. The Labute approximate surface area is 119 Å². The third-order valence-electron chi connectivity index (χ3n) is 3.45. The highest BCUT2D eigenvalue weighted by Gasteiger charge is 2.34. The van der Waals surface area contributed by atoms with E-state index in [0.29, 0.717) is 31.7 Å². The molecule has 1 atom stereocenters. The van der Waals surface area contributed by atoms with Gasteiger partial charge in [-0.1, -0.05) is 12.1 Å². The van der Waals surface area contributed by atoms with Crippen molar-refractivity contribution in [3.05, 3.63) is 34.4 Å². The molecule has 5 nitrogen and oxygen atoms in total. The van der Waals surface area contributed by atoms with Crippen LogP contribution in [0.15, 0.2) is 24.3 Å². The second-order valence-electron chi connectivity index (χ2n) is 5.16. The fraction of sp³-hybridized carbons (Fsp3) is 0.538. The summed E-state index contributed by atoms with van der Waals surface area (Å²) >= 11 is 0. The summed E-state index contributed by atoms with van der Waals surface area (Å²) in [5, 5.41) is 13.8. The topological polar surface area (TPSA) is 58.4 Å². The van der Waals surface area contributed by atoms with Gasteiger partial charge in [0, 0.05) is 19.2 Å². The molecular weight excluding hydrogens is 287 g/mol. The predicted molar refractivity (Wildman–Crippen MR) is 72.2 cm³/mol. The number of nitro groups is 1. The molecule has 1 saturated heterocycles. The summed E-state index contributed by atoms with van der Waals surface area (Å²) in [4.78, 5) is 11.7. The summed E-state index contributed by atoms with van der Waals surface area (Å²) in [6.07, 6.45) is -3.52. The average Bonchev–Trinajstić information content (AvgIpc) is 2.82. The van der Waals surface area contributed by atoms with Gasteiger partial charge in [0.1, 0.15) is 5.69 Å². The molecule has 0 saturated carbocycles. The minimum absolute atomic E-state index is 0.0253. The molecule has 1 aromatic rings. The minimum Gasteiger partial charge on any atom is -0.379 e. The lowest BCUT2D eigenvalue weighted by Gasteiger charge is -2.18. The molecule has 8 heteroatoms. The van der Waals surface area contributed by atoms with E-state index in [1.54, 1.807) is 18.2 Å². The van der Waals surface area contributed by atoms with Gasteiger partial charge in [-0.3, -0.25) is 15.0 Å². The maximum absolute atomic E-state index is 12.3. The quantitative estimate of drug-likeness (QED) is 0.671. The molecule has 1 aliphatic rings. The maximum Gasteiger partial charge on any atom is 0.401 e. The van der Waals surface area contributed by atoms with E-state index in [1.807, 2.05) is 0 Å². The number of benzene rings is 1. The normalized spacial score (nSPS) is 19.7. The standard InChI is InChI=1S/C13H16F3N3O2/c14-13(15,16)9-18-6-5-10(8-18)7-17-11-3-1-2-4-12(11)19(20)21/h1-4,10,17H,5-9H2. The zero-order valence-corrected chi connectivity index (χ0v) is 11.3. The number of nitrogens with zero attached hydrogens (tertiary/aromatic N) is 2. The number of halogens is 3. The number of alkyl halides is 3. The van der Waals surface area contributed by atoms with Crippen LogP contribution in [0.2, 0.25) is 0 Å². The third kappa shape index (κ3) is 4.59. The molecule has 1 N–H and O–H groups in total. The van der Waals surface area contributed by atoms with Gasteiger partial charge in [0.25, 0.3) is 5.69 Å². The molecule has 0 radical (unpaired) electrons. The minimum atomic E-state index is -4.18. The van der Waals surface area contributed by atoms with Crippen LogP contribution >= 0.6 is 0 Å². The molecule has 1 unspecified atom stereocenters. The molecule has 0 bridgehead atoms. The number of para-hydroxylation sites is 2. The van der Waals surface area contributed by atoms with E-state index in [2.05, 4.69) is 5.32 Å². The lowest BCUT2D eigenvalue weighted by molar-refractivity contribution is -0.384. The van der Waals surface area contributed by atoms with Gasteiger partial charge in [-0.25, -0.2) is 0 Å². The number of hydrogen-bond donors (Lipinski definition) is 1. The van der Waals surface area contributed by atoms with Gasteiger partial charge < -0.3 is 5.32 Å². The van der Waals surface area contributed by atoms with E-state index in [9.17, 15) is 23.3 Å². The van der Waals surface area contributed by atoms with Gasteiger partial charge in [0.05, 0.1) is 11.5 Å². The second-order valence-corrected chi connectivity index (χ2v) is 5.16. The van der Waals surface area contributed by atoms with Crippen molar-refractivity contribution in [2.45, 2.75) is 12.6 Å². The first-order chi connectivity index (χ1) is 9.85. The molecule has 21 heavy (non-hydrogen) atoms. The second kappa shape index (κ2) is 6.30. The highest BCUT2D eigenvalue weighted by molar-refractivity contribution is 5.61. The maximum atomic E-state index is 12.3. The third-order valence-corrected chi connectivity index (χ3v) is 3.45. The predicted octanol–water partition coefficient (Wildman–Crippen LogP) is 2.89. The smallest absolute Gasteiger partial charge is 0.379 e. The molecule has 1 heterocycles. The van der Waals surface area contributed by atoms with E-state index >= 15 is 0 Å². The molecule has 2 rings (SSSR count). The van der Waals surface area contributed by atoms with Gasteiger partial charge >= 0.3 is 6.18 Å². The van der Waals surface area contributed by atoms with Crippen LogP contribution in [0.25, 0.3) is 0 Å². The van der Waals surface area contributed by atoms with Crippen LogP contribution in [0.5, 0.6) is 0 Å². The van der Waals surface area contributed by atoms with Crippen LogP contribution in [0.1, 0.15) is 6.42 Å². The van der Waals surface area contributed by atoms with Crippen LogP contribution in [0.3, 0.4) is 0 Å². The molecular formula is C13H16F3N3O2. The van der Waals surface area contributed by atoms with Crippen molar-refractivity contribution >= 4 is 11.4 Å². The molecule has 116 valence electrons. The summed E-state index contributed by atoms with van der Waals surface area (Å²) < 4.78 is 36.9. The summed E-state index contributed by atoms with van der Waals surface area (Å²) in [5.41, 5.74) is 0.374. The number of anilines is 1. The van der Waals surface area contributed by atoms with Crippen LogP contribution in [0, 0.1) is 16.0 Å². The van der Waals surface area contributed by atoms with Crippen LogP contribution < -0.4 is 5.32 Å². The van der Waals surface area contributed by atoms with E-state index in [4.69, 9.17) is 0 Å². The number of nitro benzene ring substituents is 1. The fourth-order valence-corrected chi connectivity index (χ4v) is 2.51.